The number of fused-ring (bicyclic) bond motifs is 1. The fourth-order valence-electron chi connectivity index (χ4n) is 4.11. The van der Waals surface area contributed by atoms with Crippen molar-refractivity contribution in [3.8, 4) is 0 Å². The minimum absolute atomic E-state index is 0.00356. The molecular formula is C21H22Cl2N2O3. The molecule has 148 valence electrons. The van der Waals surface area contributed by atoms with Gasteiger partial charge in [0.1, 0.15) is 5.76 Å². The van der Waals surface area contributed by atoms with E-state index in [1.54, 1.807) is 29.4 Å². The summed E-state index contributed by atoms with van der Waals surface area (Å²) in [5.41, 5.74) is 1.57. The van der Waals surface area contributed by atoms with E-state index in [1.807, 2.05) is 6.07 Å². The third-order valence-corrected chi connectivity index (χ3v) is 6.35. The molecule has 1 N–H and O–H groups in total. The standard InChI is InChI=1S/C21H22Cl2N2O3/c22-16-7-6-13(11-17(16)23)21(27)25-9-2-3-14(12-25)20(26)24-18-4-1-5-19-15(18)8-10-28-19/h6-8,10-11,14,18H,1-5,9,12H2,(H,24,26). The van der Waals surface area contributed by atoms with Crippen molar-refractivity contribution in [2.45, 2.75) is 38.1 Å². The minimum atomic E-state index is -0.210. The lowest BCUT2D eigenvalue weighted by Gasteiger charge is -2.33. The first-order valence-electron chi connectivity index (χ1n) is 9.64. The molecule has 2 amide bonds. The molecule has 0 saturated carbocycles. The molecule has 2 aromatic rings. The molecule has 1 aromatic heterocycles. The molecule has 0 bridgehead atoms. The van der Waals surface area contributed by atoms with E-state index in [-0.39, 0.29) is 23.8 Å². The average Bonchev–Trinajstić information content (AvgIpc) is 3.19. The highest BCUT2D eigenvalue weighted by Gasteiger charge is 2.32. The molecule has 4 rings (SSSR count). The van der Waals surface area contributed by atoms with Crippen molar-refractivity contribution in [2.75, 3.05) is 13.1 Å². The third-order valence-electron chi connectivity index (χ3n) is 5.61. The Labute approximate surface area is 174 Å². The van der Waals surface area contributed by atoms with Gasteiger partial charge in [-0.15, -0.1) is 0 Å². The number of likely N-dealkylation sites (tertiary alicyclic amines) is 1. The number of amides is 2. The highest BCUT2D eigenvalue weighted by molar-refractivity contribution is 6.42. The first-order chi connectivity index (χ1) is 13.5. The van der Waals surface area contributed by atoms with E-state index >= 15 is 0 Å². The first kappa shape index (κ1) is 19.3. The van der Waals surface area contributed by atoms with Crippen LogP contribution in [0, 0.1) is 5.92 Å². The van der Waals surface area contributed by atoms with Gasteiger partial charge in [0, 0.05) is 30.6 Å². The smallest absolute Gasteiger partial charge is 0.253 e. The Morgan fingerprint density at radius 1 is 1.11 bits per heavy atom. The molecule has 5 nitrogen and oxygen atoms in total. The van der Waals surface area contributed by atoms with Crippen LogP contribution in [0.2, 0.25) is 10.0 Å². The van der Waals surface area contributed by atoms with E-state index in [0.29, 0.717) is 28.7 Å². The summed E-state index contributed by atoms with van der Waals surface area (Å²) in [6.07, 6.45) is 6.10. The second-order valence-electron chi connectivity index (χ2n) is 7.47. The summed E-state index contributed by atoms with van der Waals surface area (Å²) in [6, 6.07) is 6.81. The number of rotatable bonds is 3. The highest BCUT2D eigenvalue weighted by atomic mass is 35.5. The predicted molar refractivity (Wildman–Crippen MR) is 108 cm³/mol. The summed E-state index contributed by atoms with van der Waals surface area (Å²) in [7, 11) is 0. The molecule has 1 fully saturated rings. The second-order valence-corrected chi connectivity index (χ2v) is 8.29. The summed E-state index contributed by atoms with van der Waals surface area (Å²) >= 11 is 12.0. The number of carbonyl (C=O) groups is 2. The van der Waals surface area contributed by atoms with E-state index in [2.05, 4.69) is 5.32 Å². The maximum Gasteiger partial charge on any atom is 0.253 e. The van der Waals surface area contributed by atoms with Crippen molar-refractivity contribution in [2.24, 2.45) is 5.92 Å². The number of furan rings is 1. The molecule has 1 aromatic carbocycles. The molecule has 2 aliphatic rings. The summed E-state index contributed by atoms with van der Waals surface area (Å²) in [4.78, 5) is 27.4. The lowest BCUT2D eigenvalue weighted by Crippen LogP contribution is -2.46. The molecule has 2 heterocycles. The van der Waals surface area contributed by atoms with Crippen molar-refractivity contribution in [3.05, 3.63) is 57.5 Å². The van der Waals surface area contributed by atoms with Gasteiger partial charge < -0.3 is 14.6 Å². The maximum absolute atomic E-state index is 12.9. The van der Waals surface area contributed by atoms with Crippen LogP contribution in [0.4, 0.5) is 0 Å². The molecule has 1 saturated heterocycles. The van der Waals surface area contributed by atoms with Crippen LogP contribution in [0.1, 0.15) is 53.4 Å². The van der Waals surface area contributed by atoms with Gasteiger partial charge in [-0.1, -0.05) is 23.2 Å². The molecule has 0 spiro atoms. The number of piperidine rings is 1. The Morgan fingerprint density at radius 2 is 1.96 bits per heavy atom. The molecule has 2 unspecified atom stereocenters. The number of hydrogen-bond acceptors (Lipinski definition) is 3. The number of carbonyl (C=O) groups excluding carboxylic acids is 2. The van der Waals surface area contributed by atoms with Crippen LogP contribution in [0.25, 0.3) is 0 Å². The van der Waals surface area contributed by atoms with E-state index in [4.69, 9.17) is 27.6 Å². The average molecular weight is 421 g/mol. The summed E-state index contributed by atoms with van der Waals surface area (Å²) in [6.45, 7) is 1.05. The molecule has 7 heteroatoms. The van der Waals surface area contributed by atoms with Gasteiger partial charge in [0.2, 0.25) is 5.91 Å². The molecule has 2 atom stereocenters. The topological polar surface area (TPSA) is 62.6 Å². The predicted octanol–water partition coefficient (Wildman–Crippen LogP) is 4.63. The summed E-state index contributed by atoms with van der Waals surface area (Å²) in [5.74, 6) is 0.644. The fraction of sp³-hybridized carbons (Fsp3) is 0.429. The van der Waals surface area contributed by atoms with Crippen LogP contribution in [-0.2, 0) is 11.2 Å². The Morgan fingerprint density at radius 3 is 2.79 bits per heavy atom. The van der Waals surface area contributed by atoms with Crippen LogP contribution < -0.4 is 5.32 Å². The monoisotopic (exact) mass is 420 g/mol. The zero-order valence-corrected chi connectivity index (χ0v) is 16.9. The van der Waals surface area contributed by atoms with Crippen molar-refractivity contribution in [1.29, 1.82) is 0 Å². The van der Waals surface area contributed by atoms with Gasteiger partial charge in [0.25, 0.3) is 5.91 Å². The van der Waals surface area contributed by atoms with Crippen LogP contribution >= 0.6 is 23.2 Å². The maximum atomic E-state index is 12.9. The second kappa shape index (κ2) is 8.18. The zero-order chi connectivity index (χ0) is 19.7. The van der Waals surface area contributed by atoms with Gasteiger partial charge in [0.05, 0.1) is 28.3 Å². The van der Waals surface area contributed by atoms with E-state index in [0.717, 1.165) is 43.4 Å². The normalized spacial score (nSPS) is 21.9. The van der Waals surface area contributed by atoms with Crippen molar-refractivity contribution >= 4 is 35.0 Å². The first-order valence-corrected chi connectivity index (χ1v) is 10.4. The zero-order valence-electron chi connectivity index (χ0n) is 15.4. The minimum Gasteiger partial charge on any atom is -0.469 e. The number of nitrogens with zero attached hydrogens (tertiary/aromatic N) is 1. The lowest BCUT2D eigenvalue weighted by atomic mass is 9.91. The number of benzene rings is 1. The quantitative estimate of drug-likeness (QED) is 0.786. The third kappa shape index (κ3) is 3.91. The highest BCUT2D eigenvalue weighted by Crippen LogP contribution is 2.31. The SMILES string of the molecule is O=C(NC1CCCc2occc21)C1CCCN(C(=O)c2ccc(Cl)c(Cl)c2)C1. The van der Waals surface area contributed by atoms with Gasteiger partial charge in [0.15, 0.2) is 0 Å². The Balaban J connectivity index is 1.41. The lowest BCUT2D eigenvalue weighted by molar-refractivity contribution is -0.127. The van der Waals surface area contributed by atoms with Crippen LogP contribution in [0.5, 0.6) is 0 Å². The number of hydrogen-bond donors (Lipinski definition) is 1. The summed E-state index contributed by atoms with van der Waals surface area (Å²) in [5, 5.41) is 3.94. The number of halogens is 2. The molecule has 1 aliphatic heterocycles. The van der Waals surface area contributed by atoms with Gasteiger partial charge in [-0.25, -0.2) is 0 Å². The van der Waals surface area contributed by atoms with Gasteiger partial charge in [-0.3, -0.25) is 9.59 Å². The van der Waals surface area contributed by atoms with Crippen molar-refractivity contribution in [3.63, 3.8) is 0 Å². The van der Waals surface area contributed by atoms with Gasteiger partial charge in [-0.2, -0.15) is 0 Å². The van der Waals surface area contributed by atoms with E-state index in [9.17, 15) is 9.59 Å². The molecule has 28 heavy (non-hydrogen) atoms. The largest absolute Gasteiger partial charge is 0.469 e. The van der Waals surface area contributed by atoms with E-state index in [1.165, 1.54) is 0 Å². The number of nitrogens with one attached hydrogen (secondary N) is 1. The van der Waals surface area contributed by atoms with Crippen LogP contribution in [0.15, 0.2) is 34.9 Å². The van der Waals surface area contributed by atoms with Gasteiger partial charge in [-0.05, 0) is 49.9 Å². The van der Waals surface area contributed by atoms with Gasteiger partial charge >= 0.3 is 0 Å². The van der Waals surface area contributed by atoms with Crippen molar-refractivity contribution in [1.82, 2.24) is 10.2 Å². The molecule has 0 radical (unpaired) electrons. The van der Waals surface area contributed by atoms with Crippen LogP contribution in [-0.4, -0.2) is 29.8 Å². The van der Waals surface area contributed by atoms with E-state index < -0.39 is 0 Å². The molecule has 1 aliphatic carbocycles. The Kier molecular flexibility index (Phi) is 5.65. The Hall–Kier alpha value is -1.98. The summed E-state index contributed by atoms with van der Waals surface area (Å²) < 4.78 is 5.50. The fourth-order valence-corrected chi connectivity index (χ4v) is 4.41. The van der Waals surface area contributed by atoms with Crippen molar-refractivity contribution < 1.29 is 14.0 Å². The van der Waals surface area contributed by atoms with Crippen LogP contribution in [0.3, 0.4) is 0 Å². The number of aryl methyl sites for hydroxylation is 1. The Bertz CT molecular complexity index is 896. The molecular weight excluding hydrogens is 399 g/mol.